The quantitative estimate of drug-likeness (QED) is 0.106. The summed E-state index contributed by atoms with van der Waals surface area (Å²) in [6.07, 6.45) is 12.1. The van der Waals surface area contributed by atoms with E-state index in [4.69, 9.17) is 19.0 Å². The molecule has 0 saturated heterocycles. The number of unbranched alkanes of at least 4 members (excludes halogenated alkanes) is 3. The Morgan fingerprint density at radius 3 is 1.52 bits per heavy atom. The molecule has 0 aromatic carbocycles. The van der Waals surface area contributed by atoms with Gasteiger partial charge in [0.2, 0.25) is 0 Å². The van der Waals surface area contributed by atoms with Crippen molar-refractivity contribution in [3.63, 3.8) is 0 Å². The summed E-state index contributed by atoms with van der Waals surface area (Å²) in [5.41, 5.74) is -0.248. The first-order chi connectivity index (χ1) is 15.4. The zero-order chi connectivity index (χ0) is 25.4. The highest BCUT2D eigenvalue weighted by molar-refractivity contribution is 7.51. The first-order valence-corrected chi connectivity index (χ1v) is 16.2. The summed E-state index contributed by atoms with van der Waals surface area (Å²) in [5, 5.41) is 0. The molecule has 33 heavy (non-hydrogen) atoms. The molecule has 0 aliphatic carbocycles. The highest BCUT2D eigenvalue weighted by Gasteiger charge is 2.32. The van der Waals surface area contributed by atoms with Gasteiger partial charge in [0.05, 0.1) is 12.2 Å². The summed E-state index contributed by atoms with van der Waals surface area (Å²) in [5.74, 6) is 0. The van der Waals surface area contributed by atoms with Crippen molar-refractivity contribution in [2.75, 3.05) is 26.5 Å². The summed E-state index contributed by atoms with van der Waals surface area (Å²) >= 11 is 0. The van der Waals surface area contributed by atoms with Crippen LogP contribution in [0.1, 0.15) is 111 Å². The zero-order valence-electron chi connectivity index (χ0n) is 21.6. The van der Waals surface area contributed by atoms with E-state index in [9.17, 15) is 14.0 Å². The van der Waals surface area contributed by atoms with Gasteiger partial charge in [0, 0.05) is 19.9 Å². The van der Waals surface area contributed by atoms with Crippen LogP contribution in [0.25, 0.3) is 0 Å². The molecule has 0 rings (SSSR count). The fourth-order valence-corrected chi connectivity index (χ4v) is 5.90. The zero-order valence-corrected chi connectivity index (χ0v) is 23.4. The molecule has 0 aliphatic rings. The molecule has 1 unspecified atom stereocenters. The van der Waals surface area contributed by atoms with Crippen LogP contribution in [0, 0.1) is 5.41 Å². The molecule has 0 fully saturated rings. The average molecular weight is 517 g/mol. The summed E-state index contributed by atoms with van der Waals surface area (Å²) in [4.78, 5) is 27.1. The van der Waals surface area contributed by atoms with Crippen molar-refractivity contribution in [1.82, 2.24) is 0 Å². The Morgan fingerprint density at radius 1 is 0.667 bits per heavy atom. The molecule has 0 heterocycles. The first kappa shape index (κ1) is 33.2. The van der Waals surface area contributed by atoms with Gasteiger partial charge in [-0.25, -0.2) is 4.57 Å². The molecule has 0 radical (unpaired) electrons. The van der Waals surface area contributed by atoms with Crippen molar-refractivity contribution in [1.29, 1.82) is 0 Å². The molecule has 0 saturated carbocycles. The highest BCUT2D eigenvalue weighted by atomic mass is 31.2. The molecular weight excluding hydrogens is 466 g/mol. The number of hydrogen-bond donors (Lipinski definition) is 3. The molecule has 8 nitrogen and oxygen atoms in total. The molecule has 200 valence electrons. The van der Waals surface area contributed by atoms with Crippen molar-refractivity contribution in [2.45, 2.75) is 117 Å². The molecule has 0 aliphatic heterocycles. The average Bonchev–Trinajstić information content (AvgIpc) is 2.74. The van der Waals surface area contributed by atoms with E-state index in [0.29, 0.717) is 13.0 Å². The van der Waals surface area contributed by atoms with Gasteiger partial charge in [-0.05, 0) is 63.2 Å². The van der Waals surface area contributed by atoms with E-state index in [1.807, 2.05) is 13.8 Å². The lowest BCUT2D eigenvalue weighted by Crippen LogP contribution is -2.30. The third kappa shape index (κ3) is 16.5. The van der Waals surface area contributed by atoms with Crippen LogP contribution in [-0.2, 0) is 22.9 Å². The van der Waals surface area contributed by atoms with E-state index in [2.05, 4.69) is 18.4 Å². The van der Waals surface area contributed by atoms with Gasteiger partial charge in [0.15, 0.2) is 0 Å². The Balaban J connectivity index is 4.07. The van der Waals surface area contributed by atoms with Crippen LogP contribution in [0.4, 0.5) is 0 Å². The van der Waals surface area contributed by atoms with Crippen LogP contribution in [0.3, 0.4) is 0 Å². The molecule has 10 heteroatoms. The van der Waals surface area contributed by atoms with Crippen LogP contribution in [0.15, 0.2) is 0 Å². The molecule has 1 atom stereocenters. The molecule has 0 aromatic heterocycles. The second-order valence-electron chi connectivity index (χ2n) is 9.30. The Hall–Kier alpha value is 0.220. The summed E-state index contributed by atoms with van der Waals surface area (Å²) in [7, 11) is -7.86. The lowest BCUT2D eigenvalue weighted by molar-refractivity contribution is 0.0352. The topological polar surface area (TPSA) is 123 Å². The van der Waals surface area contributed by atoms with E-state index in [-0.39, 0.29) is 12.0 Å². The minimum absolute atomic E-state index is 0.100. The first-order valence-electron chi connectivity index (χ1n) is 12.7. The van der Waals surface area contributed by atoms with Crippen molar-refractivity contribution in [3.05, 3.63) is 0 Å². The third-order valence-electron chi connectivity index (χ3n) is 6.93. The van der Waals surface area contributed by atoms with E-state index in [1.165, 1.54) is 6.66 Å². The third-order valence-corrected chi connectivity index (χ3v) is 8.17. The largest absolute Gasteiger partial charge is 0.469 e. The highest BCUT2D eigenvalue weighted by Crippen LogP contribution is 2.46. The normalized spacial score (nSPS) is 15.0. The SMILES string of the molecule is CCC(CC)(CCCCOCCCCC(CC)(CC)OP(C)(=O)O)CCCCOP(=O)(O)O. The van der Waals surface area contributed by atoms with Gasteiger partial charge >= 0.3 is 15.4 Å². The van der Waals surface area contributed by atoms with E-state index < -0.39 is 21.0 Å². The maximum atomic E-state index is 11.7. The number of phosphoric ester groups is 1. The van der Waals surface area contributed by atoms with Crippen LogP contribution in [0.5, 0.6) is 0 Å². The van der Waals surface area contributed by atoms with E-state index in [0.717, 1.165) is 83.7 Å². The van der Waals surface area contributed by atoms with Crippen molar-refractivity contribution < 1.29 is 37.6 Å². The second kappa shape index (κ2) is 16.8. The smallest absolute Gasteiger partial charge is 0.381 e. The predicted molar refractivity (Wildman–Crippen MR) is 134 cm³/mol. The molecule has 0 amide bonds. The fraction of sp³-hybridized carbons (Fsp3) is 1.00. The van der Waals surface area contributed by atoms with Gasteiger partial charge in [-0.15, -0.1) is 0 Å². The number of hydrogen-bond acceptors (Lipinski definition) is 5. The van der Waals surface area contributed by atoms with Crippen molar-refractivity contribution in [3.8, 4) is 0 Å². The second-order valence-corrected chi connectivity index (χ2v) is 12.3. The Morgan fingerprint density at radius 2 is 1.12 bits per heavy atom. The summed E-state index contributed by atoms with van der Waals surface area (Å²) in [6.45, 7) is 11.2. The monoisotopic (exact) mass is 516 g/mol. The Labute approximate surface area is 202 Å². The van der Waals surface area contributed by atoms with Gasteiger partial charge in [0.25, 0.3) is 0 Å². The minimum atomic E-state index is -4.36. The predicted octanol–water partition coefficient (Wildman–Crippen LogP) is 6.82. The van der Waals surface area contributed by atoms with Crippen LogP contribution in [0.2, 0.25) is 0 Å². The minimum Gasteiger partial charge on any atom is -0.381 e. The van der Waals surface area contributed by atoms with Gasteiger partial charge < -0.3 is 23.9 Å². The summed E-state index contributed by atoms with van der Waals surface area (Å²) in [6, 6.07) is 0. The molecular formula is C23H50O8P2. The van der Waals surface area contributed by atoms with E-state index in [1.54, 1.807) is 0 Å². The van der Waals surface area contributed by atoms with Crippen LogP contribution < -0.4 is 0 Å². The van der Waals surface area contributed by atoms with Crippen molar-refractivity contribution >= 4 is 15.4 Å². The Kier molecular flexibility index (Phi) is 16.9. The summed E-state index contributed by atoms with van der Waals surface area (Å²) < 4.78 is 38.3. The standard InChI is InChI=1S/C23H50O8P2/c1-6-22(7-2,17-11-15-21-30-33(26,27)28)16-10-13-19-29-20-14-12-18-23(8-3,9-4)31-32(5,24)25/h6-21H2,1-5H3,(H,24,25)(H2,26,27,28). The number of ether oxygens (including phenoxy) is 1. The van der Waals surface area contributed by atoms with Gasteiger partial charge in [0.1, 0.15) is 0 Å². The van der Waals surface area contributed by atoms with Gasteiger partial charge in [-0.3, -0.25) is 9.09 Å². The lowest BCUT2D eigenvalue weighted by atomic mass is 9.74. The Bertz CT molecular complexity index is 579. The lowest BCUT2D eigenvalue weighted by Gasteiger charge is -2.32. The number of phosphoric acid groups is 1. The molecule has 0 spiro atoms. The van der Waals surface area contributed by atoms with Crippen LogP contribution in [-0.4, -0.2) is 46.8 Å². The van der Waals surface area contributed by atoms with E-state index >= 15 is 0 Å². The molecule has 3 N–H and O–H groups in total. The van der Waals surface area contributed by atoms with Crippen LogP contribution >= 0.6 is 15.4 Å². The maximum absolute atomic E-state index is 11.7. The molecule has 0 aromatic rings. The maximum Gasteiger partial charge on any atom is 0.469 e. The number of rotatable bonds is 22. The molecule has 0 bridgehead atoms. The fourth-order valence-electron chi connectivity index (χ4n) is 4.46. The van der Waals surface area contributed by atoms with Gasteiger partial charge in [-0.2, -0.15) is 0 Å². The van der Waals surface area contributed by atoms with Crippen molar-refractivity contribution in [2.24, 2.45) is 5.41 Å². The van der Waals surface area contributed by atoms with Gasteiger partial charge in [-0.1, -0.05) is 53.4 Å².